The van der Waals surface area contributed by atoms with Crippen LogP contribution in [-0.4, -0.2) is 57.4 Å². The third-order valence-electron chi connectivity index (χ3n) is 4.90. The Morgan fingerprint density at radius 1 is 1.19 bits per heavy atom. The first kappa shape index (κ1) is 18.2. The number of hydrogen-bond acceptors (Lipinski definition) is 3. The summed E-state index contributed by atoms with van der Waals surface area (Å²) in [5, 5.41) is 17.1. The van der Waals surface area contributed by atoms with E-state index in [4.69, 9.17) is 5.11 Å². The van der Waals surface area contributed by atoms with E-state index in [2.05, 4.69) is 37.7 Å². The van der Waals surface area contributed by atoms with Gasteiger partial charge in [-0.2, -0.15) is 5.10 Å². The van der Waals surface area contributed by atoms with Crippen molar-refractivity contribution in [2.24, 2.45) is 0 Å². The fraction of sp³-hybridized carbons (Fsp3) is 0.263. The van der Waals surface area contributed by atoms with E-state index in [1.807, 2.05) is 30.3 Å². The molecule has 2 N–H and O–H groups in total. The zero-order valence-corrected chi connectivity index (χ0v) is 16.6. The summed E-state index contributed by atoms with van der Waals surface area (Å²) < 4.78 is 15.7. The molecule has 2 aromatic carbocycles. The van der Waals surface area contributed by atoms with Crippen LogP contribution in [0.15, 0.2) is 36.4 Å². The van der Waals surface area contributed by atoms with Gasteiger partial charge in [-0.05, 0) is 51.9 Å². The van der Waals surface area contributed by atoms with Crippen LogP contribution in [0.2, 0.25) is 0 Å². The molecule has 0 saturated carbocycles. The van der Waals surface area contributed by atoms with Crippen LogP contribution in [0.25, 0.3) is 22.0 Å². The number of rotatable bonds is 3. The lowest BCUT2D eigenvalue weighted by molar-refractivity contribution is 0.103. The first-order valence-electron chi connectivity index (χ1n) is 8.64. The Balaban J connectivity index is 1.50. The number of hydrogen-bond donors (Lipinski definition) is 2. The van der Waals surface area contributed by atoms with Gasteiger partial charge in [0.05, 0.1) is 5.52 Å². The summed E-state index contributed by atoms with van der Waals surface area (Å²) >= 11 is 2.18. The van der Waals surface area contributed by atoms with Crippen molar-refractivity contribution in [3.8, 4) is 11.1 Å². The number of H-pyrrole nitrogens is 1. The maximum absolute atomic E-state index is 14.8. The Morgan fingerprint density at radius 2 is 1.96 bits per heavy atom. The molecule has 3 aromatic rings. The minimum Gasteiger partial charge on any atom is -0.465 e. The highest BCUT2D eigenvalue weighted by molar-refractivity contribution is 14.1. The Bertz CT molecular complexity index is 999. The van der Waals surface area contributed by atoms with Gasteiger partial charge in [-0.15, -0.1) is 0 Å². The number of carbonyl (C=O) groups is 1. The first-order chi connectivity index (χ1) is 13.0. The van der Waals surface area contributed by atoms with E-state index in [9.17, 15) is 9.18 Å². The van der Waals surface area contributed by atoms with Gasteiger partial charge < -0.3 is 10.0 Å². The summed E-state index contributed by atoms with van der Waals surface area (Å²) in [4.78, 5) is 14.5. The van der Waals surface area contributed by atoms with Crippen molar-refractivity contribution < 1.29 is 14.3 Å². The van der Waals surface area contributed by atoms with Crippen molar-refractivity contribution in [3.63, 3.8) is 0 Å². The minimum atomic E-state index is -0.880. The van der Waals surface area contributed by atoms with Crippen LogP contribution < -0.4 is 0 Å². The number of nitrogens with zero attached hydrogens (tertiary/aromatic N) is 3. The molecule has 0 radical (unpaired) electrons. The summed E-state index contributed by atoms with van der Waals surface area (Å²) in [6.45, 7) is 2.90. The van der Waals surface area contributed by atoms with Crippen molar-refractivity contribution in [3.05, 3.63) is 51.5 Å². The van der Waals surface area contributed by atoms with Gasteiger partial charge in [0.1, 0.15) is 9.52 Å². The standard InChI is InChI=1S/C19H18FIN4O2/c20-16-9-12(11-24-5-7-25(8-6-24)19(26)27)1-3-14(16)13-2-4-17-15(10-13)18(21)23-22-17/h1-4,9-10H,5-8,11H2,(H,22,23)(H,26,27). The lowest BCUT2D eigenvalue weighted by atomic mass is 10.0. The Hall–Kier alpha value is -2.20. The lowest BCUT2D eigenvalue weighted by Gasteiger charge is -2.33. The van der Waals surface area contributed by atoms with E-state index in [1.54, 1.807) is 6.07 Å². The molecule has 27 heavy (non-hydrogen) atoms. The van der Waals surface area contributed by atoms with Gasteiger partial charge in [-0.25, -0.2) is 9.18 Å². The van der Waals surface area contributed by atoms with Crippen LogP contribution in [0.1, 0.15) is 5.56 Å². The van der Waals surface area contributed by atoms with Gasteiger partial charge in [0.2, 0.25) is 0 Å². The fourth-order valence-electron chi connectivity index (χ4n) is 3.39. The Morgan fingerprint density at radius 3 is 2.67 bits per heavy atom. The van der Waals surface area contributed by atoms with E-state index in [1.165, 1.54) is 4.90 Å². The summed E-state index contributed by atoms with van der Waals surface area (Å²) in [5.41, 5.74) is 3.13. The van der Waals surface area contributed by atoms with Crippen LogP contribution in [0.4, 0.5) is 9.18 Å². The van der Waals surface area contributed by atoms with E-state index >= 15 is 0 Å². The van der Waals surface area contributed by atoms with Gasteiger partial charge in [0, 0.05) is 43.7 Å². The molecule has 2 heterocycles. The molecular formula is C19H18FIN4O2. The number of halogens is 2. The summed E-state index contributed by atoms with van der Waals surface area (Å²) in [6.07, 6.45) is -0.880. The largest absolute Gasteiger partial charge is 0.465 e. The zero-order chi connectivity index (χ0) is 19.0. The average molecular weight is 480 g/mol. The molecule has 6 nitrogen and oxygen atoms in total. The molecule has 1 fully saturated rings. The number of aromatic amines is 1. The van der Waals surface area contributed by atoms with Gasteiger partial charge >= 0.3 is 6.09 Å². The van der Waals surface area contributed by atoms with Crippen molar-refractivity contribution in [2.45, 2.75) is 6.54 Å². The number of amides is 1. The molecule has 4 rings (SSSR count). The van der Waals surface area contributed by atoms with E-state index < -0.39 is 6.09 Å². The topological polar surface area (TPSA) is 72.5 Å². The van der Waals surface area contributed by atoms with Crippen LogP contribution in [0.3, 0.4) is 0 Å². The maximum atomic E-state index is 14.8. The molecular weight excluding hydrogens is 462 g/mol. The molecule has 0 aliphatic carbocycles. The summed E-state index contributed by atoms with van der Waals surface area (Å²) in [7, 11) is 0. The second kappa shape index (κ2) is 7.43. The highest BCUT2D eigenvalue weighted by Crippen LogP contribution is 2.28. The highest BCUT2D eigenvalue weighted by Gasteiger charge is 2.20. The molecule has 0 spiro atoms. The van der Waals surface area contributed by atoms with Crippen LogP contribution >= 0.6 is 22.6 Å². The van der Waals surface area contributed by atoms with Crippen molar-refractivity contribution >= 4 is 39.6 Å². The van der Waals surface area contributed by atoms with Gasteiger partial charge in [-0.3, -0.25) is 10.00 Å². The number of fused-ring (bicyclic) bond motifs is 1. The average Bonchev–Trinajstić information content (AvgIpc) is 3.03. The van der Waals surface area contributed by atoms with Crippen LogP contribution in [0.5, 0.6) is 0 Å². The molecule has 1 aliphatic rings. The Labute approximate surface area is 169 Å². The fourth-order valence-corrected chi connectivity index (χ4v) is 3.95. The molecule has 1 saturated heterocycles. The monoisotopic (exact) mass is 480 g/mol. The second-order valence-electron chi connectivity index (χ2n) is 6.63. The van der Waals surface area contributed by atoms with Gasteiger partial charge in [0.15, 0.2) is 0 Å². The van der Waals surface area contributed by atoms with Crippen LogP contribution in [0, 0.1) is 9.52 Å². The number of nitrogens with one attached hydrogen (secondary N) is 1. The molecule has 0 atom stereocenters. The van der Waals surface area contributed by atoms with Crippen molar-refractivity contribution in [2.75, 3.05) is 26.2 Å². The van der Waals surface area contributed by atoms with Crippen molar-refractivity contribution in [1.82, 2.24) is 20.0 Å². The third-order valence-corrected chi connectivity index (χ3v) is 5.72. The SMILES string of the molecule is O=C(O)N1CCN(Cc2ccc(-c3ccc4n[nH]c(I)c4c3)c(F)c2)CC1. The predicted octanol–water partition coefficient (Wildman–Crippen LogP) is 3.77. The molecule has 0 unspecified atom stereocenters. The molecule has 1 aromatic heterocycles. The molecule has 1 amide bonds. The van der Waals surface area contributed by atoms with Crippen molar-refractivity contribution in [1.29, 1.82) is 0 Å². The number of benzene rings is 2. The third kappa shape index (κ3) is 3.77. The van der Waals surface area contributed by atoms with E-state index in [0.29, 0.717) is 38.3 Å². The molecule has 8 heteroatoms. The van der Waals surface area contributed by atoms with Gasteiger partial charge in [-0.1, -0.05) is 18.2 Å². The molecule has 1 aliphatic heterocycles. The molecule has 140 valence electrons. The number of piperazine rings is 1. The number of aromatic nitrogens is 2. The first-order valence-corrected chi connectivity index (χ1v) is 9.72. The zero-order valence-electron chi connectivity index (χ0n) is 14.5. The Kier molecular flexibility index (Phi) is 5.00. The van der Waals surface area contributed by atoms with E-state index in [0.717, 1.165) is 25.7 Å². The van der Waals surface area contributed by atoms with E-state index in [-0.39, 0.29) is 5.82 Å². The van der Waals surface area contributed by atoms with Crippen LogP contribution in [-0.2, 0) is 6.54 Å². The lowest BCUT2D eigenvalue weighted by Crippen LogP contribution is -2.47. The second-order valence-corrected chi connectivity index (χ2v) is 7.71. The highest BCUT2D eigenvalue weighted by atomic mass is 127. The predicted molar refractivity (Wildman–Crippen MR) is 109 cm³/mol. The molecule has 0 bridgehead atoms. The summed E-state index contributed by atoms with van der Waals surface area (Å²) in [6, 6.07) is 11.0. The normalized spacial score (nSPS) is 15.4. The smallest absolute Gasteiger partial charge is 0.407 e. The number of carboxylic acid groups (broad SMARTS) is 1. The minimum absolute atomic E-state index is 0.255. The maximum Gasteiger partial charge on any atom is 0.407 e. The summed E-state index contributed by atoms with van der Waals surface area (Å²) in [5.74, 6) is -0.255. The quantitative estimate of drug-likeness (QED) is 0.561. The van der Waals surface area contributed by atoms with Gasteiger partial charge in [0.25, 0.3) is 0 Å².